The van der Waals surface area contributed by atoms with Gasteiger partial charge in [-0.1, -0.05) is 6.07 Å². The SMILES string of the molecule is CN1CCN(C2CN(c3cccc4c3ncn4C)C2)CC1. The lowest BCUT2D eigenvalue weighted by atomic mass is 10.0. The van der Waals surface area contributed by atoms with Gasteiger partial charge in [-0.05, 0) is 19.2 Å². The van der Waals surface area contributed by atoms with E-state index in [1.54, 1.807) is 0 Å². The molecule has 0 bridgehead atoms. The van der Waals surface area contributed by atoms with Gasteiger partial charge in [-0.15, -0.1) is 0 Å². The maximum atomic E-state index is 4.57. The fraction of sp³-hybridized carbons (Fsp3) is 0.562. The molecule has 1 aromatic heterocycles. The standard InChI is InChI=1S/C16H23N5/c1-18-6-8-20(9-7-18)13-10-21(11-13)15-5-3-4-14-16(15)17-12-19(14)2/h3-5,12-13H,6-11H2,1-2H3. The Morgan fingerprint density at radius 1 is 1.05 bits per heavy atom. The van der Waals surface area contributed by atoms with Crippen LogP contribution >= 0.6 is 0 Å². The van der Waals surface area contributed by atoms with Crippen molar-refractivity contribution in [3.05, 3.63) is 24.5 Å². The van der Waals surface area contributed by atoms with Gasteiger partial charge >= 0.3 is 0 Å². The van der Waals surface area contributed by atoms with Gasteiger partial charge in [-0.2, -0.15) is 0 Å². The van der Waals surface area contributed by atoms with Gasteiger partial charge in [0.05, 0.1) is 17.5 Å². The zero-order valence-corrected chi connectivity index (χ0v) is 12.9. The molecule has 112 valence electrons. The average molecular weight is 285 g/mol. The van der Waals surface area contributed by atoms with Gasteiger partial charge in [0.25, 0.3) is 0 Å². The largest absolute Gasteiger partial charge is 0.366 e. The molecule has 2 aliphatic heterocycles. The van der Waals surface area contributed by atoms with Gasteiger partial charge in [0.1, 0.15) is 5.52 Å². The molecule has 5 nitrogen and oxygen atoms in total. The van der Waals surface area contributed by atoms with Crippen LogP contribution in [0.3, 0.4) is 0 Å². The van der Waals surface area contributed by atoms with E-state index in [0.717, 1.165) is 24.6 Å². The highest BCUT2D eigenvalue weighted by Crippen LogP contribution is 2.30. The molecule has 0 atom stereocenters. The molecule has 5 heteroatoms. The molecule has 0 spiro atoms. The van der Waals surface area contributed by atoms with Crippen LogP contribution in [0.2, 0.25) is 0 Å². The van der Waals surface area contributed by atoms with Crippen molar-refractivity contribution in [3.63, 3.8) is 0 Å². The predicted octanol–water partition coefficient (Wildman–Crippen LogP) is 1.01. The molecule has 0 unspecified atom stereocenters. The number of aromatic nitrogens is 2. The van der Waals surface area contributed by atoms with Crippen molar-refractivity contribution >= 4 is 16.7 Å². The zero-order valence-electron chi connectivity index (χ0n) is 12.9. The summed E-state index contributed by atoms with van der Waals surface area (Å²) in [7, 11) is 4.27. The molecule has 0 radical (unpaired) electrons. The summed E-state index contributed by atoms with van der Waals surface area (Å²) >= 11 is 0. The quantitative estimate of drug-likeness (QED) is 0.823. The van der Waals surface area contributed by atoms with Gasteiger partial charge in [0.15, 0.2) is 0 Å². The van der Waals surface area contributed by atoms with E-state index in [0.29, 0.717) is 0 Å². The topological polar surface area (TPSA) is 27.5 Å². The number of benzene rings is 1. The lowest BCUT2D eigenvalue weighted by Crippen LogP contribution is -2.63. The smallest absolute Gasteiger partial charge is 0.112 e. The first-order chi connectivity index (χ1) is 10.2. The lowest BCUT2D eigenvalue weighted by Gasteiger charge is -2.48. The summed E-state index contributed by atoms with van der Waals surface area (Å²) in [5.74, 6) is 0. The summed E-state index contributed by atoms with van der Waals surface area (Å²) in [5.41, 5.74) is 3.64. The number of anilines is 1. The summed E-state index contributed by atoms with van der Waals surface area (Å²) in [6.07, 6.45) is 1.91. The Morgan fingerprint density at radius 2 is 1.81 bits per heavy atom. The third-order valence-electron chi connectivity index (χ3n) is 4.99. The molecule has 0 N–H and O–H groups in total. The molecule has 0 aliphatic carbocycles. The number of rotatable bonds is 2. The molecule has 1 aromatic carbocycles. The molecular weight excluding hydrogens is 262 g/mol. The second-order valence-corrected chi connectivity index (χ2v) is 6.40. The Hall–Kier alpha value is -1.59. The van der Waals surface area contributed by atoms with E-state index >= 15 is 0 Å². The van der Waals surface area contributed by atoms with Gasteiger partial charge in [0.2, 0.25) is 0 Å². The van der Waals surface area contributed by atoms with E-state index in [1.165, 1.54) is 37.4 Å². The van der Waals surface area contributed by atoms with Crippen LogP contribution in [-0.2, 0) is 7.05 Å². The Labute approximate surface area is 125 Å². The maximum absolute atomic E-state index is 4.57. The van der Waals surface area contributed by atoms with Crippen molar-refractivity contribution in [2.45, 2.75) is 6.04 Å². The second kappa shape index (κ2) is 5.00. The first-order valence-corrected chi connectivity index (χ1v) is 7.80. The van der Waals surface area contributed by atoms with E-state index in [-0.39, 0.29) is 0 Å². The minimum Gasteiger partial charge on any atom is -0.366 e. The predicted molar refractivity (Wildman–Crippen MR) is 85.8 cm³/mol. The average Bonchev–Trinajstić information content (AvgIpc) is 2.82. The maximum Gasteiger partial charge on any atom is 0.112 e. The Bertz CT molecular complexity index is 635. The van der Waals surface area contributed by atoms with Gasteiger partial charge in [-0.25, -0.2) is 4.98 Å². The molecule has 2 aromatic rings. The lowest BCUT2D eigenvalue weighted by molar-refractivity contribution is 0.0964. The number of nitrogens with zero attached hydrogens (tertiary/aromatic N) is 5. The van der Waals surface area contributed by atoms with Crippen molar-refractivity contribution in [1.29, 1.82) is 0 Å². The fourth-order valence-corrected chi connectivity index (χ4v) is 3.47. The summed E-state index contributed by atoms with van der Waals surface area (Å²) in [6, 6.07) is 7.21. The van der Waals surface area contributed by atoms with Crippen LogP contribution in [0.5, 0.6) is 0 Å². The molecule has 3 heterocycles. The highest BCUT2D eigenvalue weighted by Gasteiger charge is 2.34. The van der Waals surface area contributed by atoms with Crippen molar-refractivity contribution in [2.24, 2.45) is 7.05 Å². The number of fused-ring (bicyclic) bond motifs is 1. The molecule has 21 heavy (non-hydrogen) atoms. The number of aryl methyl sites for hydroxylation is 1. The number of hydrogen-bond donors (Lipinski definition) is 0. The Kier molecular flexibility index (Phi) is 3.12. The molecular formula is C16H23N5. The molecule has 2 aliphatic rings. The van der Waals surface area contributed by atoms with Crippen LogP contribution in [0.1, 0.15) is 0 Å². The van der Waals surface area contributed by atoms with E-state index in [2.05, 4.69) is 56.5 Å². The van der Waals surface area contributed by atoms with Crippen LogP contribution in [-0.4, -0.2) is 71.7 Å². The Morgan fingerprint density at radius 3 is 2.57 bits per heavy atom. The van der Waals surface area contributed by atoms with Crippen LogP contribution in [0, 0.1) is 0 Å². The summed E-state index contributed by atoms with van der Waals surface area (Å²) in [4.78, 5) is 12.1. The summed E-state index contributed by atoms with van der Waals surface area (Å²) in [6.45, 7) is 7.10. The first-order valence-electron chi connectivity index (χ1n) is 7.80. The van der Waals surface area contributed by atoms with Crippen molar-refractivity contribution in [2.75, 3.05) is 51.2 Å². The van der Waals surface area contributed by atoms with Crippen LogP contribution in [0.4, 0.5) is 5.69 Å². The van der Waals surface area contributed by atoms with E-state index in [9.17, 15) is 0 Å². The van der Waals surface area contributed by atoms with Crippen molar-refractivity contribution in [3.8, 4) is 0 Å². The normalized spacial score (nSPS) is 21.9. The minimum atomic E-state index is 0.720. The fourth-order valence-electron chi connectivity index (χ4n) is 3.47. The number of hydrogen-bond acceptors (Lipinski definition) is 4. The number of imidazole rings is 1. The zero-order chi connectivity index (χ0) is 14.4. The monoisotopic (exact) mass is 285 g/mol. The van der Waals surface area contributed by atoms with E-state index in [1.807, 2.05) is 6.33 Å². The first kappa shape index (κ1) is 13.1. The van der Waals surface area contributed by atoms with Crippen molar-refractivity contribution in [1.82, 2.24) is 19.4 Å². The van der Waals surface area contributed by atoms with Gasteiger partial charge in [0, 0.05) is 52.4 Å². The molecule has 0 saturated carbocycles. The second-order valence-electron chi connectivity index (χ2n) is 6.40. The third-order valence-corrected chi connectivity index (χ3v) is 4.99. The molecule has 2 fully saturated rings. The molecule has 4 rings (SSSR count). The third kappa shape index (κ3) is 2.21. The highest BCUT2D eigenvalue weighted by atomic mass is 15.3. The molecule has 2 saturated heterocycles. The Balaban J connectivity index is 1.47. The minimum absolute atomic E-state index is 0.720. The van der Waals surface area contributed by atoms with Crippen LogP contribution < -0.4 is 4.90 Å². The number of para-hydroxylation sites is 1. The summed E-state index contributed by atoms with van der Waals surface area (Å²) < 4.78 is 2.09. The van der Waals surface area contributed by atoms with Crippen LogP contribution in [0.15, 0.2) is 24.5 Å². The van der Waals surface area contributed by atoms with Crippen molar-refractivity contribution < 1.29 is 0 Å². The van der Waals surface area contributed by atoms with E-state index in [4.69, 9.17) is 0 Å². The van der Waals surface area contributed by atoms with E-state index < -0.39 is 0 Å². The highest BCUT2D eigenvalue weighted by molar-refractivity contribution is 5.89. The molecule has 0 amide bonds. The van der Waals surface area contributed by atoms with Gasteiger partial charge in [-0.3, -0.25) is 4.90 Å². The number of likely N-dealkylation sites (N-methyl/N-ethyl adjacent to an activating group) is 1. The number of piperazine rings is 1. The van der Waals surface area contributed by atoms with Gasteiger partial charge < -0.3 is 14.4 Å². The van der Waals surface area contributed by atoms with Crippen LogP contribution in [0.25, 0.3) is 11.0 Å². The summed E-state index contributed by atoms with van der Waals surface area (Å²) in [5, 5.41) is 0.